The summed E-state index contributed by atoms with van der Waals surface area (Å²) >= 11 is 0. The van der Waals surface area contributed by atoms with Crippen LogP contribution in [-0.2, 0) is 9.59 Å². The summed E-state index contributed by atoms with van der Waals surface area (Å²) in [7, 11) is 0. The van der Waals surface area contributed by atoms with Gasteiger partial charge in [0.15, 0.2) is 0 Å². The summed E-state index contributed by atoms with van der Waals surface area (Å²) in [4.78, 5) is 33.8. The lowest BCUT2D eigenvalue weighted by Crippen LogP contribution is -2.57. The first-order chi connectivity index (χ1) is 10.8. The fraction of sp³-hybridized carbons (Fsp3) is 0.625. The van der Waals surface area contributed by atoms with Gasteiger partial charge in [-0.05, 0) is 17.9 Å². The number of carboxylic acids is 1. The number of piperidine rings is 1. The van der Waals surface area contributed by atoms with Crippen molar-refractivity contribution in [3.8, 4) is 0 Å². The first-order valence-electron chi connectivity index (χ1n) is 7.84. The third kappa shape index (κ3) is 4.18. The molecule has 0 radical (unpaired) electrons. The molecule has 7 nitrogen and oxygen atoms in total. The van der Waals surface area contributed by atoms with E-state index in [0.29, 0.717) is 25.5 Å². The van der Waals surface area contributed by atoms with Crippen LogP contribution in [0.25, 0.3) is 0 Å². The molecule has 0 saturated carbocycles. The number of nitrogens with zero attached hydrogens (tertiary/aromatic N) is 3. The lowest BCUT2D eigenvalue weighted by atomic mass is 9.74. The zero-order valence-corrected chi connectivity index (χ0v) is 13.8. The zero-order valence-electron chi connectivity index (χ0n) is 13.8. The minimum atomic E-state index is -0.832. The van der Waals surface area contributed by atoms with Crippen LogP contribution in [0.15, 0.2) is 18.5 Å². The number of carboxylic acid groups (broad SMARTS) is 1. The summed E-state index contributed by atoms with van der Waals surface area (Å²) in [6, 6.07) is 1.41. The summed E-state index contributed by atoms with van der Waals surface area (Å²) in [6.45, 7) is 6.85. The maximum absolute atomic E-state index is 12.3. The largest absolute Gasteiger partial charge is 0.481 e. The van der Waals surface area contributed by atoms with E-state index in [0.717, 1.165) is 0 Å². The van der Waals surface area contributed by atoms with Crippen LogP contribution in [0.5, 0.6) is 0 Å². The molecule has 7 heteroatoms. The van der Waals surface area contributed by atoms with Crippen molar-refractivity contribution in [3.63, 3.8) is 0 Å². The van der Waals surface area contributed by atoms with Gasteiger partial charge in [0.2, 0.25) is 11.9 Å². The topological polar surface area (TPSA) is 95.4 Å². The highest BCUT2D eigenvalue weighted by molar-refractivity contribution is 5.81. The van der Waals surface area contributed by atoms with E-state index in [1.807, 2.05) is 20.8 Å². The van der Waals surface area contributed by atoms with Crippen molar-refractivity contribution in [1.82, 2.24) is 14.9 Å². The minimum Gasteiger partial charge on any atom is -0.481 e. The summed E-state index contributed by atoms with van der Waals surface area (Å²) in [6.07, 6.45) is 3.97. The Hall–Kier alpha value is -2.18. The number of hydrogen-bond donors (Lipinski definition) is 2. The van der Waals surface area contributed by atoms with Crippen LogP contribution < -0.4 is 5.32 Å². The third-order valence-electron chi connectivity index (χ3n) is 4.11. The molecule has 126 valence electrons. The number of aliphatic carboxylic acids is 1. The van der Waals surface area contributed by atoms with Crippen molar-refractivity contribution in [2.75, 3.05) is 18.4 Å². The number of nitrogens with one attached hydrogen (secondary N) is 1. The Labute approximate surface area is 136 Å². The lowest BCUT2D eigenvalue weighted by molar-refractivity contribution is -0.156. The molecule has 1 fully saturated rings. The normalized spacial score (nSPS) is 22.0. The van der Waals surface area contributed by atoms with E-state index >= 15 is 0 Å². The Morgan fingerprint density at radius 3 is 2.61 bits per heavy atom. The van der Waals surface area contributed by atoms with Crippen molar-refractivity contribution in [2.45, 2.75) is 39.7 Å². The van der Waals surface area contributed by atoms with Crippen LogP contribution in [0.3, 0.4) is 0 Å². The van der Waals surface area contributed by atoms with Gasteiger partial charge in [0, 0.05) is 37.9 Å². The third-order valence-corrected chi connectivity index (χ3v) is 4.11. The Morgan fingerprint density at radius 2 is 2.04 bits per heavy atom. The monoisotopic (exact) mass is 320 g/mol. The Bertz CT molecular complexity index is 556. The molecular weight excluding hydrogens is 296 g/mol. The van der Waals surface area contributed by atoms with Crippen LogP contribution in [0, 0.1) is 11.3 Å². The summed E-state index contributed by atoms with van der Waals surface area (Å²) < 4.78 is 0. The molecule has 2 atom stereocenters. The molecule has 0 bridgehead atoms. The smallest absolute Gasteiger partial charge is 0.308 e. The van der Waals surface area contributed by atoms with Gasteiger partial charge in [0.1, 0.15) is 0 Å². The number of anilines is 1. The second-order valence-electron chi connectivity index (χ2n) is 6.88. The summed E-state index contributed by atoms with van der Waals surface area (Å²) in [5.74, 6) is -0.847. The number of rotatable bonds is 5. The maximum Gasteiger partial charge on any atom is 0.308 e. The first kappa shape index (κ1) is 17.2. The number of carbonyl (C=O) groups excluding carboxylic acids is 1. The molecule has 2 unspecified atom stereocenters. The average molecular weight is 320 g/mol. The second-order valence-corrected chi connectivity index (χ2v) is 6.88. The zero-order chi connectivity index (χ0) is 17.0. The van der Waals surface area contributed by atoms with Crippen molar-refractivity contribution in [3.05, 3.63) is 18.5 Å². The number of amides is 1. The maximum atomic E-state index is 12.3. The fourth-order valence-electron chi connectivity index (χ4n) is 3.22. The predicted octanol–water partition coefficient (Wildman–Crippen LogP) is 1.63. The molecule has 1 aromatic heterocycles. The van der Waals surface area contributed by atoms with Gasteiger partial charge < -0.3 is 15.3 Å². The van der Waals surface area contributed by atoms with Crippen molar-refractivity contribution >= 4 is 17.8 Å². The average Bonchev–Trinajstić information content (AvgIpc) is 2.48. The molecule has 1 saturated heterocycles. The van der Waals surface area contributed by atoms with Gasteiger partial charge in [0.05, 0.1) is 5.92 Å². The number of hydrogen-bond acceptors (Lipinski definition) is 5. The molecule has 0 spiro atoms. The molecular formula is C16H24N4O3. The number of likely N-dealkylation sites (tertiary alicyclic amines) is 1. The van der Waals surface area contributed by atoms with Crippen LogP contribution >= 0.6 is 0 Å². The van der Waals surface area contributed by atoms with Gasteiger partial charge in [-0.2, -0.15) is 0 Å². The highest BCUT2D eigenvalue weighted by Crippen LogP contribution is 2.36. The molecule has 1 aromatic rings. The van der Waals surface area contributed by atoms with Gasteiger partial charge in [-0.25, -0.2) is 9.97 Å². The number of carbonyl (C=O) groups is 2. The van der Waals surface area contributed by atoms with Crippen molar-refractivity contribution in [2.24, 2.45) is 11.3 Å². The predicted molar refractivity (Wildman–Crippen MR) is 85.8 cm³/mol. The Balaban J connectivity index is 2.08. The Morgan fingerprint density at radius 1 is 1.39 bits per heavy atom. The van der Waals surface area contributed by atoms with Gasteiger partial charge >= 0.3 is 5.97 Å². The molecule has 1 amide bonds. The molecule has 1 aliphatic rings. The second kappa shape index (κ2) is 6.93. The van der Waals surface area contributed by atoms with Crippen LogP contribution in [0.2, 0.25) is 0 Å². The molecule has 2 rings (SSSR count). The van der Waals surface area contributed by atoms with Crippen LogP contribution in [0.4, 0.5) is 5.95 Å². The molecule has 0 aromatic carbocycles. The highest BCUT2D eigenvalue weighted by atomic mass is 16.4. The highest BCUT2D eigenvalue weighted by Gasteiger charge is 2.45. The van der Waals surface area contributed by atoms with E-state index in [9.17, 15) is 14.7 Å². The molecule has 2 heterocycles. The molecule has 23 heavy (non-hydrogen) atoms. The lowest BCUT2D eigenvalue weighted by Gasteiger charge is -2.46. The van der Waals surface area contributed by atoms with E-state index < -0.39 is 11.9 Å². The van der Waals surface area contributed by atoms with Gasteiger partial charge in [-0.15, -0.1) is 0 Å². The van der Waals surface area contributed by atoms with Crippen molar-refractivity contribution < 1.29 is 14.7 Å². The van der Waals surface area contributed by atoms with Crippen LogP contribution in [-0.4, -0.2) is 51.0 Å². The molecule has 2 N–H and O–H groups in total. The van der Waals surface area contributed by atoms with E-state index in [4.69, 9.17) is 0 Å². The van der Waals surface area contributed by atoms with E-state index in [1.165, 1.54) is 0 Å². The molecule has 0 aliphatic carbocycles. The van der Waals surface area contributed by atoms with Gasteiger partial charge in [-0.1, -0.05) is 20.8 Å². The summed E-state index contributed by atoms with van der Waals surface area (Å²) in [5, 5.41) is 12.6. The van der Waals surface area contributed by atoms with E-state index in [1.54, 1.807) is 23.4 Å². The van der Waals surface area contributed by atoms with Gasteiger partial charge in [-0.3, -0.25) is 9.59 Å². The minimum absolute atomic E-state index is 0.0122. The first-order valence-corrected chi connectivity index (χ1v) is 7.84. The summed E-state index contributed by atoms with van der Waals surface area (Å²) in [5.41, 5.74) is -0.303. The number of aromatic nitrogens is 2. The standard InChI is InChI=1S/C16H24N4O3/c1-16(2,3)13-11(14(22)23)5-6-12(21)20(13)10-9-19-15-17-7-4-8-18-15/h4,7-8,11,13H,5-6,9-10H2,1-3H3,(H,22,23)(H,17,18,19). The fourth-order valence-corrected chi connectivity index (χ4v) is 3.22. The van der Waals surface area contributed by atoms with E-state index in [-0.39, 0.29) is 23.8 Å². The van der Waals surface area contributed by atoms with Gasteiger partial charge in [0.25, 0.3) is 0 Å². The SMILES string of the molecule is CC(C)(C)C1C(C(=O)O)CCC(=O)N1CCNc1ncccn1. The van der Waals surface area contributed by atoms with Crippen LogP contribution in [0.1, 0.15) is 33.6 Å². The van der Waals surface area contributed by atoms with E-state index in [2.05, 4.69) is 15.3 Å². The quantitative estimate of drug-likeness (QED) is 0.856. The Kier molecular flexibility index (Phi) is 5.18. The molecule has 1 aliphatic heterocycles. The van der Waals surface area contributed by atoms with Crippen molar-refractivity contribution in [1.29, 1.82) is 0 Å².